The molecule has 1 aromatic heterocycles. The normalized spacial score (nSPS) is 32.0. The van der Waals surface area contributed by atoms with Crippen LogP contribution in [0, 0.1) is 0 Å². The van der Waals surface area contributed by atoms with Crippen molar-refractivity contribution in [3.63, 3.8) is 0 Å². The summed E-state index contributed by atoms with van der Waals surface area (Å²) < 4.78 is 23.1. The van der Waals surface area contributed by atoms with Gasteiger partial charge in [-0.15, -0.1) is 0 Å². The van der Waals surface area contributed by atoms with Crippen molar-refractivity contribution >= 4 is 15.6 Å². The van der Waals surface area contributed by atoms with Gasteiger partial charge in [-0.05, 0) is 64.0 Å². The van der Waals surface area contributed by atoms with Crippen LogP contribution in [-0.2, 0) is 9.73 Å². The molecule has 7 heteroatoms. The Bertz CT molecular complexity index is 773. The topological polar surface area (TPSA) is 80.7 Å². The standard InChI is InChI=1S/C19H27N3O3S/c23-18(17-14-16(6-11-20-17)25-15-4-1-2-5-15)22-26(24)12-8-19(9-13-26)7-3-10-21-19/h6,11,14-15,21H,1-5,7-10,12-13H2. The van der Waals surface area contributed by atoms with Crippen molar-refractivity contribution in [3.05, 3.63) is 24.0 Å². The quantitative estimate of drug-likeness (QED) is 0.876. The summed E-state index contributed by atoms with van der Waals surface area (Å²) in [5, 5.41) is 3.56. The number of amides is 1. The lowest BCUT2D eigenvalue weighted by Gasteiger charge is -2.34. The number of ether oxygens (including phenoxy) is 1. The monoisotopic (exact) mass is 377 g/mol. The van der Waals surface area contributed by atoms with Crippen LogP contribution < -0.4 is 10.1 Å². The highest BCUT2D eigenvalue weighted by Gasteiger charge is 2.38. The van der Waals surface area contributed by atoms with Crippen LogP contribution in [0.25, 0.3) is 0 Å². The second-order valence-electron chi connectivity index (χ2n) is 7.79. The fourth-order valence-corrected chi connectivity index (χ4v) is 6.52. The average molecular weight is 378 g/mol. The first-order valence-corrected chi connectivity index (χ1v) is 11.6. The van der Waals surface area contributed by atoms with Crippen LogP contribution in [-0.4, -0.2) is 44.8 Å². The Hall–Kier alpha value is -1.47. The van der Waals surface area contributed by atoms with Crippen LogP contribution in [0.15, 0.2) is 22.7 Å². The third kappa shape index (κ3) is 3.93. The van der Waals surface area contributed by atoms with E-state index in [4.69, 9.17) is 4.74 Å². The predicted octanol–water partition coefficient (Wildman–Crippen LogP) is 2.93. The molecule has 0 bridgehead atoms. The van der Waals surface area contributed by atoms with Gasteiger partial charge in [-0.2, -0.15) is 4.36 Å². The first-order chi connectivity index (χ1) is 12.6. The SMILES string of the molecule is O=C(N=S1(=O)CCC2(CCCN2)CC1)c1cc(OC2CCCC2)ccn1. The van der Waals surface area contributed by atoms with Crippen molar-refractivity contribution in [1.29, 1.82) is 0 Å². The van der Waals surface area contributed by atoms with E-state index in [9.17, 15) is 9.00 Å². The van der Waals surface area contributed by atoms with Crippen molar-refractivity contribution in [1.82, 2.24) is 10.3 Å². The van der Waals surface area contributed by atoms with Gasteiger partial charge in [0.1, 0.15) is 11.4 Å². The number of nitrogens with one attached hydrogen (secondary N) is 1. The van der Waals surface area contributed by atoms with Gasteiger partial charge in [0.25, 0.3) is 0 Å². The summed E-state index contributed by atoms with van der Waals surface area (Å²) in [7, 11) is -2.48. The van der Waals surface area contributed by atoms with Gasteiger partial charge in [0.05, 0.1) is 15.8 Å². The third-order valence-corrected chi connectivity index (χ3v) is 8.12. The zero-order valence-corrected chi connectivity index (χ0v) is 15.9. The van der Waals surface area contributed by atoms with Crippen molar-refractivity contribution in [3.8, 4) is 5.75 Å². The largest absolute Gasteiger partial charge is 0.490 e. The molecule has 0 radical (unpaired) electrons. The Balaban J connectivity index is 1.45. The molecular formula is C19H27N3O3S. The van der Waals surface area contributed by atoms with E-state index in [-0.39, 0.29) is 17.3 Å². The summed E-state index contributed by atoms with van der Waals surface area (Å²) in [6.45, 7) is 1.04. The highest BCUT2D eigenvalue weighted by atomic mass is 32.2. The molecule has 1 aromatic rings. The van der Waals surface area contributed by atoms with E-state index in [1.54, 1.807) is 18.3 Å². The Kier molecular flexibility index (Phi) is 5.01. The number of carbonyl (C=O) groups is 1. The molecule has 142 valence electrons. The van der Waals surface area contributed by atoms with Gasteiger partial charge in [0.15, 0.2) is 0 Å². The second kappa shape index (κ2) is 7.27. The molecule has 0 atom stereocenters. The van der Waals surface area contributed by atoms with E-state index in [0.717, 1.165) is 38.6 Å². The van der Waals surface area contributed by atoms with E-state index >= 15 is 0 Å². The summed E-state index contributed by atoms with van der Waals surface area (Å²) in [6, 6.07) is 3.40. The van der Waals surface area contributed by atoms with E-state index in [2.05, 4.69) is 14.7 Å². The smallest absolute Gasteiger partial charge is 0.303 e. The average Bonchev–Trinajstić information content (AvgIpc) is 3.31. The molecular weight excluding hydrogens is 350 g/mol. The molecule has 0 aromatic carbocycles. The summed E-state index contributed by atoms with van der Waals surface area (Å²) in [6.07, 6.45) is 10.3. The molecule has 26 heavy (non-hydrogen) atoms. The minimum absolute atomic E-state index is 0.132. The lowest BCUT2D eigenvalue weighted by atomic mass is 9.91. The second-order valence-corrected chi connectivity index (χ2v) is 10.3. The Labute approximate surface area is 155 Å². The van der Waals surface area contributed by atoms with E-state index < -0.39 is 15.6 Å². The van der Waals surface area contributed by atoms with Crippen LogP contribution >= 0.6 is 0 Å². The highest BCUT2D eigenvalue weighted by Crippen LogP contribution is 2.32. The number of nitrogens with zero attached hydrogens (tertiary/aromatic N) is 2. The molecule has 1 N–H and O–H groups in total. The van der Waals surface area contributed by atoms with Crippen molar-refractivity contribution < 1.29 is 13.7 Å². The molecule has 3 aliphatic rings. The van der Waals surface area contributed by atoms with E-state index in [1.807, 2.05) is 0 Å². The summed E-state index contributed by atoms with van der Waals surface area (Å²) >= 11 is 0. The van der Waals surface area contributed by atoms with Gasteiger partial charge in [-0.1, -0.05) is 0 Å². The first kappa shape index (κ1) is 17.9. The van der Waals surface area contributed by atoms with Crippen LogP contribution in [0.5, 0.6) is 5.75 Å². The van der Waals surface area contributed by atoms with Gasteiger partial charge in [-0.25, -0.2) is 4.21 Å². The fourth-order valence-electron chi connectivity index (χ4n) is 4.32. The van der Waals surface area contributed by atoms with Gasteiger partial charge in [0.2, 0.25) is 0 Å². The Morgan fingerprint density at radius 3 is 2.69 bits per heavy atom. The van der Waals surface area contributed by atoms with Crippen LogP contribution in [0.1, 0.15) is 61.9 Å². The zero-order valence-electron chi connectivity index (χ0n) is 15.1. The van der Waals surface area contributed by atoms with Crippen LogP contribution in [0.2, 0.25) is 0 Å². The number of hydrogen-bond donors (Lipinski definition) is 1. The lowest BCUT2D eigenvalue weighted by Crippen LogP contribution is -2.46. The lowest BCUT2D eigenvalue weighted by molar-refractivity contribution is 0.0999. The van der Waals surface area contributed by atoms with Crippen molar-refractivity contribution in [2.75, 3.05) is 18.1 Å². The van der Waals surface area contributed by atoms with Gasteiger partial charge in [-0.3, -0.25) is 9.78 Å². The maximum Gasteiger partial charge on any atom is 0.303 e. The van der Waals surface area contributed by atoms with Crippen molar-refractivity contribution in [2.45, 2.75) is 63.0 Å². The maximum atomic E-state index is 13.0. The first-order valence-electron chi connectivity index (χ1n) is 9.71. The van der Waals surface area contributed by atoms with E-state index in [0.29, 0.717) is 17.3 Å². The molecule has 2 aliphatic heterocycles. The molecule has 1 amide bonds. The van der Waals surface area contributed by atoms with Gasteiger partial charge in [0, 0.05) is 29.3 Å². The molecule has 6 nitrogen and oxygen atoms in total. The molecule has 3 heterocycles. The van der Waals surface area contributed by atoms with Crippen LogP contribution in [0.3, 0.4) is 0 Å². The number of hydrogen-bond acceptors (Lipinski definition) is 5. The number of aromatic nitrogens is 1. The van der Waals surface area contributed by atoms with Gasteiger partial charge >= 0.3 is 5.91 Å². The maximum absolute atomic E-state index is 13.0. The summed E-state index contributed by atoms with van der Waals surface area (Å²) in [4.78, 5) is 16.7. The molecule has 1 aliphatic carbocycles. The predicted molar refractivity (Wildman–Crippen MR) is 101 cm³/mol. The summed E-state index contributed by atoms with van der Waals surface area (Å²) in [5.74, 6) is 1.15. The molecule has 1 saturated carbocycles. The molecule has 1 spiro atoms. The summed E-state index contributed by atoms with van der Waals surface area (Å²) in [5.41, 5.74) is 0.356. The highest BCUT2D eigenvalue weighted by molar-refractivity contribution is 7.93. The number of rotatable bonds is 3. The molecule has 3 fully saturated rings. The molecule has 2 saturated heterocycles. The fraction of sp³-hybridized carbons (Fsp3) is 0.684. The number of pyridine rings is 1. The van der Waals surface area contributed by atoms with Gasteiger partial charge < -0.3 is 10.1 Å². The van der Waals surface area contributed by atoms with Crippen molar-refractivity contribution in [2.24, 2.45) is 4.36 Å². The minimum Gasteiger partial charge on any atom is -0.490 e. The third-order valence-electron chi connectivity index (χ3n) is 5.94. The Morgan fingerprint density at radius 1 is 1.23 bits per heavy atom. The van der Waals surface area contributed by atoms with E-state index in [1.165, 1.54) is 19.3 Å². The zero-order chi connectivity index (χ0) is 18.0. The Morgan fingerprint density at radius 2 is 2.00 bits per heavy atom. The molecule has 0 unspecified atom stereocenters. The number of carbonyl (C=O) groups excluding carboxylic acids is 1. The minimum atomic E-state index is -2.48. The molecule has 4 rings (SSSR count). The van der Waals surface area contributed by atoms with Crippen LogP contribution in [0.4, 0.5) is 0 Å².